The summed E-state index contributed by atoms with van der Waals surface area (Å²) in [7, 11) is 1.32. The number of cyclic esters (lactones) is 1. The number of hydrogen-bond donors (Lipinski definition) is 2. The van der Waals surface area contributed by atoms with Crippen LogP contribution in [0.2, 0.25) is 0 Å². The Kier molecular flexibility index (Phi) is 6.60. The molecule has 0 saturated carbocycles. The number of methoxy groups -OCH3 is 1. The van der Waals surface area contributed by atoms with Crippen molar-refractivity contribution in [3.8, 4) is 17.2 Å². The number of hydrogen-bond acceptors (Lipinski definition) is 7. The fourth-order valence-electron chi connectivity index (χ4n) is 3.04. The lowest BCUT2D eigenvalue weighted by Gasteiger charge is -2.22. The van der Waals surface area contributed by atoms with Gasteiger partial charge < -0.3 is 19.7 Å². The molecule has 0 spiro atoms. The van der Waals surface area contributed by atoms with Gasteiger partial charge in [0, 0.05) is 37.0 Å². The first-order chi connectivity index (χ1) is 12.8. The average Bonchev–Trinajstić information content (AvgIpc) is 2.59. The maximum absolute atomic E-state index is 12.4. The van der Waals surface area contributed by atoms with Gasteiger partial charge in [-0.15, -0.1) is 0 Å². The van der Waals surface area contributed by atoms with E-state index in [1.165, 1.54) is 19.3 Å². The van der Waals surface area contributed by atoms with Gasteiger partial charge in [0.2, 0.25) is 0 Å². The molecular formula is C20H24O7. The summed E-state index contributed by atoms with van der Waals surface area (Å²) in [4.78, 5) is 36.9. The highest BCUT2D eigenvalue weighted by Crippen LogP contribution is 2.40. The van der Waals surface area contributed by atoms with Crippen LogP contribution in [0, 0.1) is 5.92 Å². The van der Waals surface area contributed by atoms with Crippen molar-refractivity contribution >= 4 is 17.5 Å². The number of aromatic hydroxyl groups is 2. The van der Waals surface area contributed by atoms with Crippen molar-refractivity contribution in [3.63, 3.8) is 0 Å². The van der Waals surface area contributed by atoms with Crippen molar-refractivity contribution < 1.29 is 34.1 Å². The molecule has 7 heteroatoms. The van der Waals surface area contributed by atoms with Crippen molar-refractivity contribution in [3.05, 3.63) is 29.0 Å². The minimum Gasteiger partial charge on any atom is -0.507 e. The molecule has 1 atom stereocenters. The molecule has 7 nitrogen and oxygen atoms in total. The number of carbonyl (C=O) groups excluding carboxylic acids is 3. The minimum absolute atomic E-state index is 0.0852. The second-order valence-electron chi connectivity index (χ2n) is 6.41. The molecule has 27 heavy (non-hydrogen) atoms. The van der Waals surface area contributed by atoms with E-state index in [-0.39, 0.29) is 29.7 Å². The van der Waals surface area contributed by atoms with Crippen molar-refractivity contribution in [2.24, 2.45) is 5.92 Å². The highest BCUT2D eigenvalue weighted by atomic mass is 16.5. The molecule has 1 aliphatic rings. The van der Waals surface area contributed by atoms with Gasteiger partial charge >= 0.3 is 5.97 Å². The van der Waals surface area contributed by atoms with Gasteiger partial charge in [0.25, 0.3) is 0 Å². The highest BCUT2D eigenvalue weighted by molar-refractivity contribution is 6.08. The molecule has 0 saturated heterocycles. The summed E-state index contributed by atoms with van der Waals surface area (Å²) < 4.78 is 10.4. The Morgan fingerprint density at radius 3 is 2.48 bits per heavy atom. The Morgan fingerprint density at radius 2 is 1.93 bits per heavy atom. The molecule has 0 aromatic heterocycles. The van der Waals surface area contributed by atoms with Gasteiger partial charge in [-0.25, -0.2) is 0 Å². The van der Waals surface area contributed by atoms with Crippen LogP contribution >= 0.6 is 0 Å². The Bertz CT molecular complexity index is 792. The number of phenols is 2. The van der Waals surface area contributed by atoms with E-state index in [4.69, 9.17) is 9.47 Å². The van der Waals surface area contributed by atoms with Gasteiger partial charge in [0.1, 0.15) is 34.5 Å². The number of Topliss-reactive ketones (excluding diaryl/α,β-unsaturated/α-hetero) is 1. The number of allylic oxidation sites excluding steroid dienone is 2. The summed E-state index contributed by atoms with van der Waals surface area (Å²) >= 11 is 0. The summed E-state index contributed by atoms with van der Waals surface area (Å²) in [5.41, 5.74) is -0.121. The van der Waals surface area contributed by atoms with Crippen LogP contribution in [0.4, 0.5) is 0 Å². The van der Waals surface area contributed by atoms with Crippen LogP contribution in [0.5, 0.6) is 17.2 Å². The summed E-state index contributed by atoms with van der Waals surface area (Å²) in [6.07, 6.45) is 2.98. The zero-order chi connectivity index (χ0) is 20.1. The van der Waals surface area contributed by atoms with Crippen molar-refractivity contribution in [1.29, 1.82) is 0 Å². The molecular weight excluding hydrogens is 352 g/mol. The zero-order valence-electron chi connectivity index (χ0n) is 15.7. The van der Waals surface area contributed by atoms with E-state index >= 15 is 0 Å². The number of ether oxygens (including phenoxy) is 2. The minimum atomic E-state index is -1.15. The fourth-order valence-corrected chi connectivity index (χ4v) is 3.04. The molecule has 146 valence electrons. The Balaban J connectivity index is 2.43. The number of esters is 1. The van der Waals surface area contributed by atoms with Crippen molar-refractivity contribution in [2.75, 3.05) is 7.11 Å². The third-order valence-electron chi connectivity index (χ3n) is 4.39. The maximum Gasteiger partial charge on any atom is 0.322 e. The van der Waals surface area contributed by atoms with E-state index in [0.717, 1.165) is 6.42 Å². The second-order valence-corrected chi connectivity index (χ2v) is 6.41. The first-order valence-corrected chi connectivity index (χ1v) is 8.95. The van der Waals surface area contributed by atoms with Crippen molar-refractivity contribution in [1.82, 2.24) is 0 Å². The van der Waals surface area contributed by atoms with Gasteiger partial charge in [-0.1, -0.05) is 13.8 Å². The SMILES string of the molecule is CCCC(=O)c1c(O)cc(OC)c(CC2C(=O)C=C(CCC)OC2=O)c1O. The van der Waals surface area contributed by atoms with Crippen LogP contribution in [-0.4, -0.2) is 34.9 Å². The summed E-state index contributed by atoms with van der Waals surface area (Å²) in [5, 5.41) is 20.7. The molecule has 2 rings (SSSR count). The van der Waals surface area contributed by atoms with Gasteiger partial charge in [0.15, 0.2) is 11.6 Å². The summed E-state index contributed by atoms with van der Waals surface area (Å²) in [6.45, 7) is 3.70. The maximum atomic E-state index is 12.4. The van der Waals surface area contributed by atoms with Crippen LogP contribution in [0.25, 0.3) is 0 Å². The Morgan fingerprint density at radius 1 is 1.22 bits per heavy atom. The average molecular weight is 376 g/mol. The predicted molar refractivity (Wildman–Crippen MR) is 96.8 cm³/mol. The van der Waals surface area contributed by atoms with E-state index in [0.29, 0.717) is 18.6 Å². The van der Waals surface area contributed by atoms with Crippen LogP contribution < -0.4 is 4.74 Å². The lowest BCUT2D eigenvalue weighted by Crippen LogP contribution is -2.31. The summed E-state index contributed by atoms with van der Waals surface area (Å²) in [5.74, 6) is -3.19. The monoisotopic (exact) mass is 376 g/mol. The molecule has 2 N–H and O–H groups in total. The highest BCUT2D eigenvalue weighted by Gasteiger charge is 2.35. The Hall–Kier alpha value is -2.83. The number of benzene rings is 1. The predicted octanol–water partition coefficient (Wildman–Crippen LogP) is 3.06. The van der Waals surface area contributed by atoms with E-state index in [2.05, 4.69) is 0 Å². The van der Waals surface area contributed by atoms with E-state index in [1.54, 1.807) is 6.92 Å². The fraction of sp³-hybridized carbons (Fsp3) is 0.450. The standard InChI is InChI=1S/C20H24O7/c1-4-6-11-8-15(22)12(20(25)27-11)9-13-17(26-3)10-16(23)18(19(13)24)14(21)7-5-2/h8,10,12,23-24H,4-7,9H2,1-3H3. The molecule has 1 aliphatic heterocycles. The quantitative estimate of drug-likeness (QED) is 0.407. The zero-order valence-corrected chi connectivity index (χ0v) is 15.7. The first-order valence-electron chi connectivity index (χ1n) is 8.95. The lowest BCUT2D eigenvalue weighted by molar-refractivity contribution is -0.149. The molecule has 0 bridgehead atoms. The number of phenolic OH excluding ortho intramolecular Hbond substituents is 2. The number of carbonyl (C=O) groups is 3. The van der Waals surface area contributed by atoms with Crippen LogP contribution in [0.3, 0.4) is 0 Å². The molecule has 0 fully saturated rings. The normalized spacial score (nSPS) is 16.7. The summed E-state index contributed by atoms with van der Waals surface area (Å²) in [6, 6.07) is 1.20. The van der Waals surface area contributed by atoms with Gasteiger partial charge in [-0.2, -0.15) is 0 Å². The molecule has 1 aromatic carbocycles. The van der Waals surface area contributed by atoms with Gasteiger partial charge in [-0.05, 0) is 12.8 Å². The number of rotatable bonds is 8. The molecule has 0 radical (unpaired) electrons. The van der Waals surface area contributed by atoms with E-state index in [9.17, 15) is 24.6 Å². The third-order valence-corrected chi connectivity index (χ3v) is 4.39. The van der Waals surface area contributed by atoms with Gasteiger partial charge in [0.05, 0.1) is 7.11 Å². The third kappa shape index (κ3) is 4.30. The van der Waals surface area contributed by atoms with Crippen LogP contribution in [0.1, 0.15) is 55.5 Å². The molecule has 1 heterocycles. The molecule has 0 aliphatic carbocycles. The largest absolute Gasteiger partial charge is 0.507 e. The Labute approximate surface area is 157 Å². The smallest absolute Gasteiger partial charge is 0.322 e. The molecule has 1 unspecified atom stereocenters. The molecule has 0 amide bonds. The molecule has 1 aromatic rings. The lowest BCUT2D eigenvalue weighted by atomic mass is 9.90. The van der Waals surface area contributed by atoms with E-state index in [1.807, 2.05) is 6.92 Å². The van der Waals surface area contributed by atoms with Gasteiger partial charge in [-0.3, -0.25) is 14.4 Å². The first kappa shape index (κ1) is 20.5. The van der Waals surface area contributed by atoms with Crippen molar-refractivity contribution in [2.45, 2.75) is 46.0 Å². The van der Waals surface area contributed by atoms with Crippen LogP contribution in [0.15, 0.2) is 17.9 Å². The van der Waals surface area contributed by atoms with E-state index < -0.39 is 35.0 Å². The second kappa shape index (κ2) is 8.70. The topological polar surface area (TPSA) is 110 Å². The number of ketones is 2. The van der Waals surface area contributed by atoms with Crippen LogP contribution in [-0.2, 0) is 20.7 Å².